The minimum absolute atomic E-state index is 0.0404. The number of aromatic nitrogens is 5. The smallest absolute Gasteiger partial charge is 0.332 e. The second kappa shape index (κ2) is 7.21. The molecule has 0 saturated carbocycles. The van der Waals surface area contributed by atoms with Crippen LogP contribution < -0.4 is 11.2 Å². The Morgan fingerprint density at radius 2 is 1.79 bits per heavy atom. The Labute approximate surface area is 166 Å². The van der Waals surface area contributed by atoms with Crippen LogP contribution in [0.15, 0.2) is 46.0 Å². The number of fused-ring (bicyclic) bond motifs is 3. The maximum Gasteiger partial charge on any atom is 0.332 e. The Morgan fingerprint density at radius 1 is 1.07 bits per heavy atom. The first-order chi connectivity index (χ1) is 14.0. The third kappa shape index (κ3) is 2.92. The number of benzene rings is 1. The summed E-state index contributed by atoms with van der Waals surface area (Å²) < 4.78 is 6.25. The first-order valence-corrected chi connectivity index (χ1v) is 9.45. The van der Waals surface area contributed by atoms with Crippen LogP contribution in [0.5, 0.6) is 0 Å². The minimum Gasteiger partial charge on any atom is -0.395 e. The van der Waals surface area contributed by atoms with E-state index < -0.39 is 5.69 Å². The van der Waals surface area contributed by atoms with Gasteiger partial charge in [-0.15, -0.1) is 0 Å². The molecule has 0 amide bonds. The van der Waals surface area contributed by atoms with Gasteiger partial charge in [0.1, 0.15) is 0 Å². The van der Waals surface area contributed by atoms with E-state index in [1.807, 2.05) is 54.8 Å². The normalized spacial score (nSPS) is 12.0. The lowest BCUT2D eigenvalue weighted by Gasteiger charge is -2.06. The van der Waals surface area contributed by atoms with Gasteiger partial charge in [-0.2, -0.15) is 4.98 Å². The van der Waals surface area contributed by atoms with Crippen LogP contribution in [0.2, 0.25) is 0 Å². The highest BCUT2D eigenvalue weighted by molar-refractivity contribution is 5.76. The number of rotatable bonds is 5. The van der Waals surface area contributed by atoms with Crippen molar-refractivity contribution >= 4 is 23.0 Å². The highest BCUT2D eigenvalue weighted by atomic mass is 16.3. The molecule has 0 aliphatic heterocycles. The summed E-state index contributed by atoms with van der Waals surface area (Å²) in [6.07, 6.45) is 3.69. The number of hydrogen-bond acceptors (Lipinski definition) is 4. The molecule has 0 atom stereocenters. The zero-order valence-corrected chi connectivity index (χ0v) is 16.7. The van der Waals surface area contributed by atoms with Crippen LogP contribution in [0, 0.1) is 13.8 Å². The van der Waals surface area contributed by atoms with Crippen molar-refractivity contribution in [3.8, 4) is 0 Å². The summed E-state index contributed by atoms with van der Waals surface area (Å²) in [5.74, 6) is 0.550. The number of aliphatic hydroxyl groups excluding tert-OH is 1. The molecule has 150 valence electrons. The zero-order chi connectivity index (χ0) is 20.7. The van der Waals surface area contributed by atoms with Crippen LogP contribution in [0.3, 0.4) is 0 Å². The van der Waals surface area contributed by atoms with Crippen molar-refractivity contribution in [2.24, 2.45) is 7.05 Å². The molecule has 1 aromatic carbocycles. The van der Waals surface area contributed by atoms with Crippen LogP contribution in [-0.4, -0.2) is 34.8 Å². The van der Waals surface area contributed by atoms with Crippen molar-refractivity contribution in [2.75, 3.05) is 6.61 Å². The third-order valence-corrected chi connectivity index (χ3v) is 5.35. The second-order valence-electron chi connectivity index (χ2n) is 7.04. The van der Waals surface area contributed by atoms with Crippen LogP contribution in [0.25, 0.3) is 23.0 Å². The van der Waals surface area contributed by atoms with E-state index in [0.717, 1.165) is 17.0 Å². The Kier molecular flexibility index (Phi) is 4.71. The predicted octanol–water partition coefficient (Wildman–Crippen LogP) is 1.47. The molecule has 3 heterocycles. The summed E-state index contributed by atoms with van der Waals surface area (Å²) in [6, 6.07) is 9.71. The van der Waals surface area contributed by atoms with Gasteiger partial charge in [0.15, 0.2) is 11.2 Å². The van der Waals surface area contributed by atoms with Gasteiger partial charge in [0.2, 0.25) is 5.78 Å². The Morgan fingerprint density at radius 3 is 2.48 bits per heavy atom. The maximum atomic E-state index is 13.2. The average Bonchev–Trinajstić information content (AvgIpc) is 3.22. The maximum absolute atomic E-state index is 13.2. The topological polar surface area (TPSA) is 86.5 Å². The Hall–Kier alpha value is -3.39. The number of allylic oxidation sites excluding steroid dienone is 1. The van der Waals surface area contributed by atoms with E-state index >= 15 is 0 Å². The highest BCUT2D eigenvalue weighted by Gasteiger charge is 2.22. The third-order valence-electron chi connectivity index (χ3n) is 5.35. The van der Waals surface area contributed by atoms with Crippen molar-refractivity contribution < 1.29 is 5.11 Å². The molecular formula is C21H23N5O3. The summed E-state index contributed by atoms with van der Waals surface area (Å²) in [5, 5.41) is 9.39. The van der Waals surface area contributed by atoms with E-state index in [9.17, 15) is 14.7 Å². The van der Waals surface area contributed by atoms with Gasteiger partial charge in [-0.25, -0.2) is 4.79 Å². The van der Waals surface area contributed by atoms with Gasteiger partial charge >= 0.3 is 5.69 Å². The number of aliphatic hydroxyl groups is 1. The largest absolute Gasteiger partial charge is 0.395 e. The van der Waals surface area contributed by atoms with Crippen LogP contribution in [0.1, 0.15) is 17.0 Å². The molecule has 3 aromatic heterocycles. The SMILES string of the molecule is Cc1c(C)n2c3c(=O)n(CC=Cc4ccccc4)c(=O)n(C)c3nc2n1CCO. The second-order valence-corrected chi connectivity index (χ2v) is 7.04. The van der Waals surface area contributed by atoms with Gasteiger partial charge in [-0.3, -0.25) is 18.3 Å². The fourth-order valence-electron chi connectivity index (χ4n) is 3.70. The zero-order valence-electron chi connectivity index (χ0n) is 16.7. The summed E-state index contributed by atoms with van der Waals surface area (Å²) in [7, 11) is 1.62. The molecular weight excluding hydrogens is 370 g/mol. The standard InChI is InChI=1S/C21H23N5O3/c1-14-15(2)26-17-18(22-20(26)24(14)12-13-27)23(3)21(29)25(19(17)28)11-7-10-16-8-5-4-6-9-16/h4-10,27H,11-13H2,1-3H3. The molecule has 4 aromatic rings. The molecule has 29 heavy (non-hydrogen) atoms. The van der Waals surface area contributed by atoms with E-state index in [1.165, 1.54) is 9.13 Å². The van der Waals surface area contributed by atoms with Crippen LogP contribution >= 0.6 is 0 Å². The lowest BCUT2D eigenvalue weighted by molar-refractivity contribution is 0.276. The monoisotopic (exact) mass is 393 g/mol. The number of nitrogens with zero attached hydrogens (tertiary/aromatic N) is 5. The average molecular weight is 393 g/mol. The molecule has 0 radical (unpaired) electrons. The molecule has 8 heteroatoms. The van der Waals surface area contributed by atoms with Crippen LogP contribution in [0.4, 0.5) is 0 Å². The quantitative estimate of drug-likeness (QED) is 0.556. The fraction of sp³-hybridized carbons (Fsp3) is 0.286. The summed E-state index contributed by atoms with van der Waals surface area (Å²) in [5.41, 5.74) is 2.70. The van der Waals surface area contributed by atoms with E-state index in [0.29, 0.717) is 23.5 Å². The molecule has 4 rings (SSSR count). The molecule has 0 aliphatic rings. The van der Waals surface area contributed by atoms with Crippen molar-refractivity contribution in [3.05, 3.63) is 74.2 Å². The summed E-state index contributed by atoms with van der Waals surface area (Å²) in [4.78, 5) is 30.6. The van der Waals surface area contributed by atoms with Crippen molar-refractivity contribution in [2.45, 2.75) is 26.9 Å². The first-order valence-electron chi connectivity index (χ1n) is 9.45. The number of imidazole rings is 2. The van der Waals surface area contributed by atoms with Gasteiger partial charge in [-0.1, -0.05) is 42.5 Å². The molecule has 0 spiro atoms. The number of aryl methyl sites for hydroxylation is 2. The first kappa shape index (κ1) is 18.9. The molecule has 0 unspecified atom stereocenters. The molecule has 0 fully saturated rings. The minimum atomic E-state index is -0.413. The van der Waals surface area contributed by atoms with Crippen molar-refractivity contribution in [1.29, 1.82) is 0 Å². The Bertz CT molecular complexity index is 1350. The number of hydrogen-bond donors (Lipinski definition) is 1. The Balaban J connectivity index is 1.92. The lowest BCUT2D eigenvalue weighted by atomic mass is 10.2. The van der Waals surface area contributed by atoms with E-state index in [-0.39, 0.29) is 18.7 Å². The van der Waals surface area contributed by atoms with E-state index in [4.69, 9.17) is 0 Å². The molecule has 8 nitrogen and oxygen atoms in total. The highest BCUT2D eigenvalue weighted by Crippen LogP contribution is 2.20. The fourth-order valence-corrected chi connectivity index (χ4v) is 3.70. The van der Waals surface area contributed by atoms with Crippen molar-refractivity contribution in [1.82, 2.24) is 23.1 Å². The van der Waals surface area contributed by atoms with Gasteiger partial charge in [0.05, 0.1) is 6.61 Å². The van der Waals surface area contributed by atoms with E-state index in [1.54, 1.807) is 17.5 Å². The van der Waals surface area contributed by atoms with Crippen molar-refractivity contribution in [3.63, 3.8) is 0 Å². The van der Waals surface area contributed by atoms with Gasteiger partial charge in [0.25, 0.3) is 5.56 Å². The molecule has 0 saturated heterocycles. The van der Waals surface area contributed by atoms with E-state index in [2.05, 4.69) is 4.98 Å². The van der Waals surface area contributed by atoms with Crippen LogP contribution in [-0.2, 0) is 20.1 Å². The summed E-state index contributed by atoms with van der Waals surface area (Å²) >= 11 is 0. The molecule has 0 aliphatic carbocycles. The lowest BCUT2D eigenvalue weighted by Crippen LogP contribution is -2.39. The summed E-state index contributed by atoms with van der Waals surface area (Å²) in [6.45, 7) is 4.32. The van der Waals surface area contributed by atoms with Gasteiger partial charge in [-0.05, 0) is 19.4 Å². The molecule has 1 N–H and O–H groups in total. The van der Waals surface area contributed by atoms with Gasteiger partial charge < -0.3 is 9.67 Å². The predicted molar refractivity (Wildman–Crippen MR) is 112 cm³/mol. The van der Waals surface area contributed by atoms with Gasteiger partial charge in [0, 0.05) is 31.5 Å². The molecule has 0 bridgehead atoms.